The maximum absolute atomic E-state index is 13.2. The summed E-state index contributed by atoms with van der Waals surface area (Å²) in [5.41, 5.74) is -0.743. The van der Waals surface area contributed by atoms with Crippen LogP contribution in [-0.4, -0.2) is 47.0 Å². The van der Waals surface area contributed by atoms with Crippen molar-refractivity contribution in [2.45, 2.75) is 69.0 Å². The Hall–Kier alpha value is -1.37. The Morgan fingerprint density at radius 1 is 1.30 bits per heavy atom. The molecule has 2 aliphatic rings. The summed E-state index contributed by atoms with van der Waals surface area (Å²) in [6.07, 6.45) is 0.417. The number of ether oxygens (including phenoxy) is 1. The Bertz CT molecular complexity index is 748. The van der Waals surface area contributed by atoms with Gasteiger partial charge in [0.2, 0.25) is 5.91 Å². The minimum Gasteiger partial charge on any atom is -0.479 e. The van der Waals surface area contributed by atoms with Gasteiger partial charge in [0.15, 0.2) is 13.8 Å². The van der Waals surface area contributed by atoms with Crippen molar-refractivity contribution in [2.75, 3.05) is 0 Å². The average molecular weight is 410 g/mol. The number of halogens is 1. The number of β-lactam (4-membered cyclic amide) rings is 1. The molecule has 1 aromatic carbocycles. The first kappa shape index (κ1) is 20.4. The van der Waals surface area contributed by atoms with Crippen LogP contribution in [0, 0.1) is 5.92 Å². The smallest absolute Gasteiger partial charge is 0.330 e. The van der Waals surface area contributed by atoms with Crippen molar-refractivity contribution < 1.29 is 19.4 Å². The fourth-order valence-electron chi connectivity index (χ4n) is 4.00. The van der Waals surface area contributed by atoms with E-state index in [1.807, 2.05) is 30.3 Å². The summed E-state index contributed by atoms with van der Waals surface area (Å²) in [6, 6.07) is 9.55. The van der Waals surface area contributed by atoms with Gasteiger partial charge in [-0.3, -0.25) is 4.79 Å². The van der Waals surface area contributed by atoms with Crippen molar-refractivity contribution in [3.05, 3.63) is 35.9 Å². The molecule has 2 saturated heterocycles. The number of epoxide rings is 1. The molecule has 0 radical (unpaired) electrons. The molecule has 2 unspecified atom stereocenters. The standard InChI is InChI=1S/C20H28ClNO4Si/c1-19(2,3)27(4,5)22-17(23)14(11-15-16(21)26-15)20(22,18(24)25)12-13-9-7-6-8-10-13/h6-10,14-16H,11-12H2,1-5H3,(H,24,25)/t14-,15?,16?,20-/m0/s1. The van der Waals surface area contributed by atoms with Gasteiger partial charge in [-0.15, -0.1) is 0 Å². The second-order valence-corrected chi connectivity index (χ2v) is 14.7. The molecule has 27 heavy (non-hydrogen) atoms. The molecular formula is C20H28ClNO4Si. The number of amides is 1. The summed E-state index contributed by atoms with van der Waals surface area (Å²) < 4.78 is 7.04. The maximum Gasteiger partial charge on any atom is 0.330 e. The van der Waals surface area contributed by atoms with Crippen LogP contribution in [0.4, 0.5) is 0 Å². The molecule has 0 saturated carbocycles. The first-order valence-electron chi connectivity index (χ1n) is 9.34. The van der Waals surface area contributed by atoms with Gasteiger partial charge in [0, 0.05) is 6.42 Å². The summed E-state index contributed by atoms with van der Waals surface area (Å²) in [7, 11) is -2.40. The van der Waals surface area contributed by atoms with Gasteiger partial charge in [-0.25, -0.2) is 4.79 Å². The van der Waals surface area contributed by atoms with Gasteiger partial charge in [-0.05, 0) is 17.0 Å². The number of hydrogen-bond donors (Lipinski definition) is 1. The molecule has 2 heterocycles. The molecule has 7 heteroatoms. The number of carboxylic acid groups (broad SMARTS) is 1. The number of carbonyl (C=O) groups is 2. The Labute approximate surface area is 166 Å². The third kappa shape index (κ3) is 3.21. The fourth-order valence-corrected chi connectivity index (χ4v) is 6.94. The molecule has 1 amide bonds. The number of carbonyl (C=O) groups excluding carboxylic acids is 1. The highest BCUT2D eigenvalue weighted by molar-refractivity contribution is 6.80. The Balaban J connectivity index is 2.05. The van der Waals surface area contributed by atoms with Crippen LogP contribution in [0.1, 0.15) is 32.8 Å². The van der Waals surface area contributed by atoms with Crippen LogP contribution in [0.25, 0.3) is 0 Å². The molecule has 5 nitrogen and oxygen atoms in total. The van der Waals surface area contributed by atoms with Crippen molar-refractivity contribution in [1.82, 2.24) is 4.57 Å². The third-order valence-corrected chi connectivity index (χ3v) is 12.4. The molecular weight excluding hydrogens is 382 g/mol. The van der Waals surface area contributed by atoms with Crippen molar-refractivity contribution in [1.29, 1.82) is 0 Å². The zero-order valence-electron chi connectivity index (χ0n) is 16.5. The minimum atomic E-state index is -2.40. The van der Waals surface area contributed by atoms with Crippen molar-refractivity contribution in [3.8, 4) is 0 Å². The normalized spacial score (nSPS) is 30.8. The molecule has 3 rings (SSSR count). The van der Waals surface area contributed by atoms with Gasteiger partial charge in [0.05, 0.1) is 5.92 Å². The van der Waals surface area contributed by atoms with Gasteiger partial charge in [-0.1, -0.05) is 75.8 Å². The van der Waals surface area contributed by atoms with E-state index < -0.39 is 31.2 Å². The number of nitrogens with zero attached hydrogens (tertiary/aromatic N) is 1. The zero-order chi connectivity index (χ0) is 20.2. The molecule has 1 N–H and O–H groups in total. The second kappa shape index (κ2) is 6.60. The quantitative estimate of drug-likeness (QED) is 0.335. The summed E-state index contributed by atoms with van der Waals surface area (Å²) >= 11 is 5.97. The first-order chi connectivity index (χ1) is 12.4. The Morgan fingerprint density at radius 3 is 2.30 bits per heavy atom. The molecule has 0 spiro atoms. The lowest BCUT2D eigenvalue weighted by atomic mass is 9.69. The largest absolute Gasteiger partial charge is 0.479 e. The molecule has 0 bridgehead atoms. The van der Waals surface area contributed by atoms with E-state index in [9.17, 15) is 14.7 Å². The van der Waals surface area contributed by atoms with E-state index >= 15 is 0 Å². The summed E-state index contributed by atoms with van der Waals surface area (Å²) in [5.74, 6) is -1.62. The molecule has 2 aliphatic heterocycles. The lowest BCUT2D eigenvalue weighted by Gasteiger charge is -2.63. The van der Waals surface area contributed by atoms with Crippen LogP contribution in [0.3, 0.4) is 0 Å². The topological polar surface area (TPSA) is 70.1 Å². The Morgan fingerprint density at radius 2 is 1.85 bits per heavy atom. The minimum absolute atomic E-state index is 0.0701. The number of alkyl halides is 1. The number of benzene rings is 1. The van der Waals surface area contributed by atoms with Crippen LogP contribution in [0.15, 0.2) is 30.3 Å². The molecule has 4 atom stereocenters. The molecule has 0 aliphatic carbocycles. The van der Waals surface area contributed by atoms with E-state index in [0.29, 0.717) is 12.8 Å². The molecule has 2 fully saturated rings. The van der Waals surface area contributed by atoms with Gasteiger partial charge < -0.3 is 14.4 Å². The lowest BCUT2D eigenvalue weighted by Crippen LogP contribution is -2.83. The predicted molar refractivity (Wildman–Crippen MR) is 107 cm³/mol. The average Bonchev–Trinajstić information content (AvgIpc) is 3.26. The van der Waals surface area contributed by atoms with Crippen molar-refractivity contribution in [3.63, 3.8) is 0 Å². The predicted octanol–water partition coefficient (Wildman–Crippen LogP) is 3.87. The highest BCUT2D eigenvalue weighted by atomic mass is 35.5. The second-order valence-electron chi connectivity index (χ2n) is 9.19. The van der Waals surface area contributed by atoms with Crippen LogP contribution >= 0.6 is 11.6 Å². The third-order valence-electron chi connectivity index (χ3n) is 6.56. The van der Waals surface area contributed by atoms with Crippen LogP contribution in [0.5, 0.6) is 0 Å². The number of carboxylic acids is 1. The molecule has 148 valence electrons. The van der Waals surface area contributed by atoms with Crippen molar-refractivity contribution in [2.24, 2.45) is 5.92 Å². The van der Waals surface area contributed by atoms with Gasteiger partial charge in [0.25, 0.3) is 0 Å². The SMILES string of the molecule is CC(C)(C)[Si](C)(C)N1C(=O)[C@H](CC2OC2Cl)[C@@]1(Cc1ccccc1)C(=O)O. The number of rotatable bonds is 6. The van der Waals surface area contributed by atoms with Crippen LogP contribution < -0.4 is 0 Å². The Kier molecular flexibility index (Phi) is 4.98. The van der Waals surface area contributed by atoms with Crippen LogP contribution in [-0.2, 0) is 20.7 Å². The van der Waals surface area contributed by atoms with E-state index in [1.54, 1.807) is 4.57 Å². The summed E-state index contributed by atoms with van der Waals surface area (Å²) in [5, 5.41) is 10.2. The van der Waals surface area contributed by atoms with E-state index in [0.717, 1.165) is 5.56 Å². The first-order valence-corrected chi connectivity index (χ1v) is 12.7. The highest BCUT2D eigenvalue weighted by Gasteiger charge is 2.70. The van der Waals surface area contributed by atoms with Gasteiger partial charge >= 0.3 is 5.97 Å². The van der Waals surface area contributed by atoms with Crippen LogP contribution in [0.2, 0.25) is 18.1 Å². The lowest BCUT2D eigenvalue weighted by molar-refractivity contribution is -0.179. The summed E-state index contributed by atoms with van der Waals surface area (Å²) in [6.45, 7) is 10.4. The zero-order valence-corrected chi connectivity index (χ0v) is 18.3. The number of aliphatic carboxylic acids is 1. The fraction of sp³-hybridized carbons (Fsp3) is 0.600. The van der Waals surface area contributed by atoms with Gasteiger partial charge in [0.1, 0.15) is 11.6 Å². The summed E-state index contributed by atoms with van der Waals surface area (Å²) in [4.78, 5) is 25.9. The highest BCUT2D eigenvalue weighted by Crippen LogP contribution is 2.53. The van der Waals surface area contributed by atoms with Crippen molar-refractivity contribution >= 4 is 31.7 Å². The van der Waals surface area contributed by atoms with E-state index in [-0.39, 0.29) is 17.0 Å². The maximum atomic E-state index is 13.2. The monoisotopic (exact) mass is 409 g/mol. The van der Waals surface area contributed by atoms with E-state index in [4.69, 9.17) is 16.3 Å². The molecule has 0 aromatic heterocycles. The van der Waals surface area contributed by atoms with E-state index in [2.05, 4.69) is 33.9 Å². The number of hydrogen-bond acceptors (Lipinski definition) is 3. The van der Waals surface area contributed by atoms with Gasteiger partial charge in [-0.2, -0.15) is 0 Å². The van der Waals surface area contributed by atoms with E-state index in [1.165, 1.54) is 0 Å². The molecule has 1 aromatic rings.